The molecule has 1 aromatic heterocycles. The molecule has 0 saturated carbocycles. The maximum Gasteiger partial charge on any atom is 0.0637 e. The van der Waals surface area contributed by atoms with Crippen molar-refractivity contribution in [3.05, 3.63) is 97.0 Å². The smallest absolute Gasteiger partial charge is 0.0637 e. The molecule has 0 saturated heterocycles. The molecule has 0 radical (unpaired) electrons. The van der Waals surface area contributed by atoms with Gasteiger partial charge in [0.2, 0.25) is 0 Å². The van der Waals surface area contributed by atoms with Crippen LogP contribution in [0.15, 0.2) is 97.0 Å². The number of hydrogen-bond acceptors (Lipinski definition) is 0. The summed E-state index contributed by atoms with van der Waals surface area (Å²) in [7, 11) is 1.87. The molecule has 0 atom stereocenters. The van der Waals surface area contributed by atoms with Gasteiger partial charge in [-0.15, -0.1) is 0 Å². The number of hydrogen-bond donors (Lipinski definition) is 0. The summed E-state index contributed by atoms with van der Waals surface area (Å²) in [5.74, 6) is 0. The molecule has 1 nitrogen and oxygen atoms in total. The van der Waals surface area contributed by atoms with Gasteiger partial charge < -0.3 is 4.57 Å². The molecule has 4 aromatic carbocycles. The Balaban J connectivity index is 1.95. The highest BCUT2D eigenvalue weighted by molar-refractivity contribution is 6.10. The number of benzene rings is 4. The number of fused-ring (bicyclic) bond motifs is 3. The maximum absolute atomic E-state index is 8.98. The van der Waals surface area contributed by atoms with Crippen LogP contribution in [0.1, 0.15) is 5.48 Å². The number of aryl methyl sites for hydroxylation is 1. The van der Waals surface area contributed by atoms with E-state index in [1.807, 2.05) is 72.3 Å². The molecule has 0 fully saturated rings. The van der Waals surface area contributed by atoms with Crippen LogP contribution in [0.25, 0.3) is 44.1 Å². The summed E-state index contributed by atoms with van der Waals surface area (Å²) in [6.07, 6.45) is 0. The van der Waals surface area contributed by atoms with Gasteiger partial charge in [-0.2, -0.15) is 0 Å². The van der Waals surface area contributed by atoms with Crippen molar-refractivity contribution >= 4 is 21.8 Å². The minimum atomic E-state index is 0.250. The summed E-state index contributed by atoms with van der Waals surface area (Å²) in [6, 6.07) is 23.6. The Morgan fingerprint density at radius 1 is 0.577 bits per heavy atom. The van der Waals surface area contributed by atoms with Crippen molar-refractivity contribution in [2.75, 3.05) is 0 Å². The van der Waals surface area contributed by atoms with Crippen molar-refractivity contribution in [2.45, 2.75) is 0 Å². The van der Waals surface area contributed by atoms with Gasteiger partial charge in [0.15, 0.2) is 0 Å². The first-order chi connectivity index (χ1) is 14.5. The van der Waals surface area contributed by atoms with E-state index in [1.54, 1.807) is 12.1 Å². The predicted octanol–water partition coefficient (Wildman–Crippen LogP) is 6.67. The van der Waals surface area contributed by atoms with E-state index in [9.17, 15) is 0 Å². The normalized spacial score (nSPS) is 13.4. The Morgan fingerprint density at radius 3 is 1.42 bits per heavy atom. The lowest BCUT2D eigenvalue weighted by Crippen LogP contribution is -1.86. The van der Waals surface area contributed by atoms with E-state index in [2.05, 4.69) is 0 Å². The first-order valence-corrected chi connectivity index (χ1v) is 8.62. The van der Waals surface area contributed by atoms with Crippen LogP contribution in [0.3, 0.4) is 0 Å². The second kappa shape index (κ2) is 5.89. The van der Waals surface area contributed by atoms with Gasteiger partial charge in [-0.3, -0.25) is 0 Å². The van der Waals surface area contributed by atoms with Crippen LogP contribution < -0.4 is 0 Å². The summed E-state index contributed by atoms with van der Waals surface area (Å²) < 4.78 is 37.0. The first-order valence-electron chi connectivity index (χ1n) is 10.6. The molecule has 0 spiro atoms. The van der Waals surface area contributed by atoms with Crippen LogP contribution in [0, 0.1) is 0 Å². The van der Waals surface area contributed by atoms with Gasteiger partial charge in [-0.05, 0) is 46.5 Å². The van der Waals surface area contributed by atoms with Gasteiger partial charge in [0.25, 0.3) is 0 Å². The van der Waals surface area contributed by atoms with Crippen molar-refractivity contribution in [2.24, 2.45) is 7.05 Å². The molecule has 0 aliphatic rings. The van der Waals surface area contributed by atoms with Crippen molar-refractivity contribution in [1.29, 1.82) is 0 Å². The third-order valence-corrected chi connectivity index (χ3v) is 4.82. The van der Waals surface area contributed by atoms with Crippen molar-refractivity contribution in [3.8, 4) is 22.3 Å². The molecule has 0 bridgehead atoms. The fourth-order valence-corrected chi connectivity index (χ4v) is 3.44. The molecule has 1 heteroatoms. The van der Waals surface area contributed by atoms with Crippen LogP contribution in [0.4, 0.5) is 0 Å². The SMILES string of the molecule is [2H]c1cc2c(c([2H])c1-c1ccccc1)c1c([2H])c(-c3ccccc3)c([2H])cc1n2C. The molecule has 0 unspecified atom stereocenters. The van der Waals surface area contributed by atoms with E-state index in [1.165, 1.54) is 0 Å². The van der Waals surface area contributed by atoms with E-state index in [0.29, 0.717) is 21.9 Å². The molecule has 0 aliphatic heterocycles. The predicted molar refractivity (Wildman–Crippen MR) is 111 cm³/mol. The Hall–Kier alpha value is -3.32. The third kappa shape index (κ3) is 2.33. The van der Waals surface area contributed by atoms with Gasteiger partial charge >= 0.3 is 0 Å². The average Bonchev–Trinajstić information content (AvgIpc) is 3.02. The second-order valence-corrected chi connectivity index (χ2v) is 6.39. The van der Waals surface area contributed by atoms with Crippen LogP contribution in [-0.2, 0) is 7.05 Å². The van der Waals surface area contributed by atoms with Crippen molar-refractivity contribution < 1.29 is 5.48 Å². The van der Waals surface area contributed by atoms with Gasteiger partial charge in [0, 0.05) is 28.9 Å². The lowest BCUT2D eigenvalue weighted by atomic mass is 10.0. The molecular weight excluding hydrogens is 314 g/mol. The lowest BCUT2D eigenvalue weighted by molar-refractivity contribution is 1.01. The number of aromatic nitrogens is 1. The first kappa shape index (κ1) is 11.3. The van der Waals surface area contributed by atoms with Gasteiger partial charge in [0.1, 0.15) is 0 Å². The van der Waals surface area contributed by atoms with E-state index < -0.39 is 0 Å². The van der Waals surface area contributed by atoms with Gasteiger partial charge in [-0.1, -0.05) is 72.7 Å². The summed E-state index contributed by atoms with van der Waals surface area (Å²) in [5.41, 5.74) is 4.23. The van der Waals surface area contributed by atoms with Crippen LogP contribution >= 0.6 is 0 Å². The largest absolute Gasteiger partial charge is 0.344 e. The highest BCUT2D eigenvalue weighted by Crippen LogP contribution is 2.34. The van der Waals surface area contributed by atoms with Crippen molar-refractivity contribution in [3.63, 3.8) is 0 Å². The summed E-state index contributed by atoms with van der Waals surface area (Å²) in [4.78, 5) is 0. The molecular formula is C25H19N. The number of rotatable bonds is 2. The van der Waals surface area contributed by atoms with Crippen LogP contribution in [0.5, 0.6) is 0 Å². The molecule has 26 heavy (non-hydrogen) atoms. The van der Waals surface area contributed by atoms with Gasteiger partial charge in [0.05, 0.1) is 5.48 Å². The minimum Gasteiger partial charge on any atom is -0.344 e. The van der Waals surface area contributed by atoms with Crippen LogP contribution in [-0.4, -0.2) is 4.57 Å². The Kier molecular flexibility index (Phi) is 2.57. The van der Waals surface area contributed by atoms with E-state index in [0.717, 1.165) is 22.2 Å². The van der Waals surface area contributed by atoms with E-state index >= 15 is 0 Å². The average molecular weight is 337 g/mol. The lowest BCUT2D eigenvalue weighted by Gasteiger charge is -2.03. The molecule has 124 valence electrons. The zero-order valence-electron chi connectivity index (χ0n) is 18.4. The second-order valence-electron chi connectivity index (χ2n) is 6.39. The fourth-order valence-electron chi connectivity index (χ4n) is 3.44. The Bertz CT molecular complexity index is 1310. The number of nitrogens with zero attached hydrogens (tertiary/aromatic N) is 1. The summed E-state index contributed by atoms with van der Waals surface area (Å²) in [5, 5.41) is 1.31. The molecule has 5 rings (SSSR count). The molecule has 0 amide bonds. The monoisotopic (exact) mass is 337 g/mol. The summed E-state index contributed by atoms with van der Waals surface area (Å²) >= 11 is 0. The molecule has 0 N–H and O–H groups in total. The standard InChI is InChI=1S/C25H19N/c1-26-24-14-12-20(18-8-4-2-5-9-18)16-22(24)23-17-21(13-15-25(23)26)19-10-6-3-7-11-19/h2-17H,1H3/i12D,13D,16D,17D. The van der Waals surface area contributed by atoms with E-state index in [-0.39, 0.29) is 24.2 Å². The quantitative estimate of drug-likeness (QED) is 0.339. The molecule has 5 aromatic rings. The highest BCUT2D eigenvalue weighted by atomic mass is 14.9. The topological polar surface area (TPSA) is 4.93 Å². The third-order valence-electron chi connectivity index (χ3n) is 4.82. The Morgan fingerprint density at radius 2 is 1.00 bits per heavy atom. The maximum atomic E-state index is 8.98. The zero-order valence-corrected chi connectivity index (χ0v) is 14.4. The van der Waals surface area contributed by atoms with Crippen molar-refractivity contribution in [1.82, 2.24) is 4.57 Å². The molecule has 1 heterocycles. The molecule has 0 aliphatic carbocycles. The highest BCUT2D eigenvalue weighted by Gasteiger charge is 2.10. The Labute approximate surface area is 158 Å². The zero-order chi connectivity index (χ0) is 21.0. The fraction of sp³-hybridized carbons (Fsp3) is 0.0400. The van der Waals surface area contributed by atoms with Crippen LogP contribution in [0.2, 0.25) is 0 Å². The summed E-state index contributed by atoms with van der Waals surface area (Å²) in [6.45, 7) is 0. The van der Waals surface area contributed by atoms with E-state index in [4.69, 9.17) is 5.48 Å². The van der Waals surface area contributed by atoms with Gasteiger partial charge in [-0.25, -0.2) is 0 Å². The minimum absolute atomic E-state index is 0.250.